The Kier molecular flexibility index (Phi) is 12.3. The molecule has 1 heterocycles. The third kappa shape index (κ3) is 7.66. The van der Waals surface area contributed by atoms with Gasteiger partial charge in [-0.15, -0.1) is 24.0 Å². The molecule has 0 unspecified atom stereocenters. The highest BCUT2D eigenvalue weighted by Crippen LogP contribution is 2.28. The summed E-state index contributed by atoms with van der Waals surface area (Å²) in [7, 11) is 1.85. The second-order valence-electron chi connectivity index (χ2n) is 6.51. The van der Waals surface area contributed by atoms with Crippen molar-refractivity contribution in [2.45, 2.75) is 46.1 Å². The minimum atomic E-state index is 0. The Balaban J connectivity index is 0.00000392. The number of benzene rings is 1. The highest BCUT2D eigenvalue weighted by Gasteiger charge is 2.21. The number of rotatable bonds is 9. The number of ether oxygens (including phenoxy) is 3. The van der Waals surface area contributed by atoms with E-state index < -0.39 is 0 Å². The molecular formula is C21H36IN3O3. The van der Waals surface area contributed by atoms with E-state index in [2.05, 4.69) is 34.3 Å². The molecule has 1 fully saturated rings. The van der Waals surface area contributed by atoms with Gasteiger partial charge in [0, 0.05) is 33.3 Å². The maximum atomic E-state index is 5.73. The fraction of sp³-hybridized carbons (Fsp3) is 0.667. The highest BCUT2D eigenvalue weighted by molar-refractivity contribution is 14.0. The van der Waals surface area contributed by atoms with Gasteiger partial charge >= 0.3 is 0 Å². The van der Waals surface area contributed by atoms with Crippen molar-refractivity contribution >= 4 is 29.9 Å². The third-order valence-corrected chi connectivity index (χ3v) is 4.66. The summed E-state index contributed by atoms with van der Waals surface area (Å²) >= 11 is 0. The molecule has 1 saturated heterocycles. The molecule has 1 aliphatic heterocycles. The van der Waals surface area contributed by atoms with Gasteiger partial charge in [-0.2, -0.15) is 0 Å². The normalized spacial score (nSPS) is 15.1. The summed E-state index contributed by atoms with van der Waals surface area (Å²) in [5.74, 6) is 2.60. The molecule has 1 N–H and O–H groups in total. The first-order valence-electron chi connectivity index (χ1n) is 10.2. The molecule has 1 aliphatic rings. The van der Waals surface area contributed by atoms with E-state index in [1.807, 2.05) is 27.0 Å². The van der Waals surface area contributed by atoms with Crippen LogP contribution in [-0.2, 0) is 11.2 Å². The van der Waals surface area contributed by atoms with Crippen LogP contribution in [0, 0.1) is 0 Å². The molecule has 160 valence electrons. The summed E-state index contributed by atoms with van der Waals surface area (Å²) in [5, 5.41) is 3.49. The second kappa shape index (κ2) is 13.9. The largest absolute Gasteiger partial charge is 0.490 e. The zero-order valence-corrected chi connectivity index (χ0v) is 20.0. The summed E-state index contributed by atoms with van der Waals surface area (Å²) in [6.45, 7) is 10.9. The van der Waals surface area contributed by atoms with Gasteiger partial charge < -0.3 is 24.4 Å². The van der Waals surface area contributed by atoms with Gasteiger partial charge in [0.2, 0.25) is 0 Å². The van der Waals surface area contributed by atoms with E-state index >= 15 is 0 Å². The lowest BCUT2D eigenvalue weighted by Gasteiger charge is -2.34. The number of hydrogen-bond donors (Lipinski definition) is 1. The molecule has 0 atom stereocenters. The molecule has 1 aromatic carbocycles. The lowest BCUT2D eigenvalue weighted by Crippen LogP contribution is -2.47. The van der Waals surface area contributed by atoms with Gasteiger partial charge in [0.25, 0.3) is 0 Å². The number of nitrogens with zero attached hydrogens (tertiary/aromatic N) is 2. The zero-order chi connectivity index (χ0) is 19.5. The van der Waals surface area contributed by atoms with Crippen LogP contribution in [0.25, 0.3) is 0 Å². The number of halogens is 1. The fourth-order valence-corrected chi connectivity index (χ4v) is 3.37. The molecule has 0 bridgehead atoms. The van der Waals surface area contributed by atoms with E-state index in [0.29, 0.717) is 19.3 Å². The van der Waals surface area contributed by atoms with Crippen molar-refractivity contribution in [1.29, 1.82) is 0 Å². The molecule has 7 heteroatoms. The first-order chi connectivity index (χ1) is 13.2. The van der Waals surface area contributed by atoms with E-state index in [0.717, 1.165) is 63.0 Å². The van der Waals surface area contributed by atoms with E-state index in [1.54, 1.807) is 0 Å². The minimum Gasteiger partial charge on any atom is -0.490 e. The van der Waals surface area contributed by atoms with Crippen molar-refractivity contribution in [3.05, 3.63) is 23.8 Å². The monoisotopic (exact) mass is 505 g/mol. The highest BCUT2D eigenvalue weighted by atomic mass is 127. The maximum Gasteiger partial charge on any atom is 0.193 e. The van der Waals surface area contributed by atoms with Crippen molar-refractivity contribution in [3.63, 3.8) is 0 Å². The number of piperidine rings is 1. The average molecular weight is 505 g/mol. The average Bonchev–Trinajstić information content (AvgIpc) is 2.68. The molecule has 0 aromatic heterocycles. The van der Waals surface area contributed by atoms with Crippen LogP contribution in [0.2, 0.25) is 0 Å². The van der Waals surface area contributed by atoms with E-state index in [4.69, 9.17) is 14.2 Å². The molecule has 6 nitrogen and oxygen atoms in total. The number of aliphatic imine (C=N–C) groups is 1. The Morgan fingerprint density at radius 3 is 2.36 bits per heavy atom. The molecule has 0 radical (unpaired) electrons. The Morgan fingerprint density at radius 2 is 1.75 bits per heavy atom. The van der Waals surface area contributed by atoms with Crippen LogP contribution in [-0.4, -0.2) is 63.5 Å². The van der Waals surface area contributed by atoms with Gasteiger partial charge in [-0.1, -0.05) is 6.07 Å². The molecule has 2 rings (SSSR count). The van der Waals surface area contributed by atoms with Gasteiger partial charge in [0.15, 0.2) is 17.5 Å². The quantitative estimate of drug-likeness (QED) is 0.315. The van der Waals surface area contributed by atoms with Crippen molar-refractivity contribution in [2.24, 2.45) is 4.99 Å². The lowest BCUT2D eigenvalue weighted by molar-refractivity contribution is 0.0264. The summed E-state index contributed by atoms with van der Waals surface area (Å²) in [6, 6.07) is 6.18. The Morgan fingerprint density at radius 1 is 1.07 bits per heavy atom. The predicted octanol–water partition coefficient (Wildman–Crippen LogP) is 3.72. The van der Waals surface area contributed by atoms with Gasteiger partial charge in [0.05, 0.1) is 19.3 Å². The van der Waals surface area contributed by atoms with Crippen LogP contribution in [0.1, 0.15) is 39.2 Å². The van der Waals surface area contributed by atoms with Crippen LogP contribution >= 0.6 is 24.0 Å². The van der Waals surface area contributed by atoms with Gasteiger partial charge in [-0.3, -0.25) is 4.99 Å². The van der Waals surface area contributed by atoms with Crippen molar-refractivity contribution in [3.8, 4) is 11.5 Å². The van der Waals surface area contributed by atoms with Crippen molar-refractivity contribution in [2.75, 3.05) is 46.5 Å². The Bertz CT molecular complexity index is 590. The van der Waals surface area contributed by atoms with Gasteiger partial charge in [0.1, 0.15) is 0 Å². The van der Waals surface area contributed by atoms with E-state index in [-0.39, 0.29) is 24.0 Å². The first-order valence-corrected chi connectivity index (χ1v) is 10.2. The standard InChI is InChI=1S/C21H35N3O3.HI/c1-5-25-18-11-14-24(15-12-18)21(22-4)23-13-10-17-8-9-19(26-6-2)20(16-17)27-7-3;/h8-9,16,18H,5-7,10-15H2,1-4H3,(H,22,23);1H. The minimum absolute atomic E-state index is 0. The molecule has 28 heavy (non-hydrogen) atoms. The molecule has 0 saturated carbocycles. The second-order valence-corrected chi connectivity index (χ2v) is 6.51. The topological polar surface area (TPSA) is 55.3 Å². The van der Waals surface area contributed by atoms with Crippen LogP contribution in [0.5, 0.6) is 11.5 Å². The number of hydrogen-bond acceptors (Lipinski definition) is 4. The third-order valence-electron chi connectivity index (χ3n) is 4.66. The summed E-state index contributed by atoms with van der Waals surface area (Å²) in [6.07, 6.45) is 3.42. The number of likely N-dealkylation sites (tertiary alicyclic amines) is 1. The molecular weight excluding hydrogens is 469 g/mol. The fourth-order valence-electron chi connectivity index (χ4n) is 3.37. The lowest BCUT2D eigenvalue weighted by atomic mass is 10.1. The Hall–Kier alpha value is -1.22. The number of nitrogens with one attached hydrogen (secondary N) is 1. The molecule has 0 spiro atoms. The van der Waals surface area contributed by atoms with Crippen LogP contribution in [0.3, 0.4) is 0 Å². The summed E-state index contributed by atoms with van der Waals surface area (Å²) in [4.78, 5) is 6.76. The molecule has 0 aliphatic carbocycles. The zero-order valence-electron chi connectivity index (χ0n) is 17.7. The van der Waals surface area contributed by atoms with Crippen molar-refractivity contribution < 1.29 is 14.2 Å². The smallest absolute Gasteiger partial charge is 0.193 e. The van der Waals surface area contributed by atoms with Crippen molar-refractivity contribution in [1.82, 2.24) is 10.2 Å². The SMILES string of the molecule is CCOc1ccc(CCNC(=NC)N2CCC(OCC)CC2)cc1OCC.I. The molecule has 1 aromatic rings. The van der Waals surface area contributed by atoms with Gasteiger partial charge in [-0.05, 0) is 57.7 Å². The summed E-state index contributed by atoms with van der Waals surface area (Å²) in [5.41, 5.74) is 1.22. The predicted molar refractivity (Wildman–Crippen MR) is 125 cm³/mol. The maximum absolute atomic E-state index is 5.73. The first kappa shape index (κ1) is 24.8. The van der Waals surface area contributed by atoms with E-state index in [1.165, 1.54) is 5.56 Å². The van der Waals surface area contributed by atoms with Crippen LogP contribution in [0.15, 0.2) is 23.2 Å². The van der Waals surface area contributed by atoms with Crippen LogP contribution in [0.4, 0.5) is 0 Å². The number of guanidine groups is 1. The van der Waals surface area contributed by atoms with E-state index in [9.17, 15) is 0 Å². The van der Waals surface area contributed by atoms with Crippen LogP contribution < -0.4 is 14.8 Å². The Labute approximate surface area is 187 Å². The van der Waals surface area contributed by atoms with Gasteiger partial charge in [-0.25, -0.2) is 0 Å². The summed E-state index contributed by atoms with van der Waals surface area (Å²) < 4.78 is 17.1. The molecule has 0 amide bonds.